The van der Waals surface area contributed by atoms with E-state index >= 15 is 0 Å². The Hall–Kier alpha value is -1.91. The maximum Gasteiger partial charge on any atom is 0.273 e. The molecule has 1 saturated heterocycles. The van der Waals surface area contributed by atoms with E-state index in [1.54, 1.807) is 0 Å². The highest BCUT2D eigenvalue weighted by atomic mass is 16.2. The van der Waals surface area contributed by atoms with Crippen LogP contribution in [0.1, 0.15) is 18.5 Å². The minimum atomic E-state index is -0.106. The van der Waals surface area contributed by atoms with Gasteiger partial charge in [0.1, 0.15) is 0 Å². The summed E-state index contributed by atoms with van der Waals surface area (Å²) in [6, 6.07) is 5.71. The molecule has 84 valence electrons. The average Bonchev–Trinajstić information content (AvgIpc) is 2.56. The molecule has 0 aliphatic carbocycles. The van der Waals surface area contributed by atoms with Crippen molar-refractivity contribution in [2.45, 2.75) is 19.8 Å². The number of H-pyrrole nitrogens is 1. The molecule has 1 aliphatic heterocycles. The smallest absolute Gasteiger partial charge is 0.273 e. The van der Waals surface area contributed by atoms with Gasteiger partial charge in [0.25, 0.3) is 5.82 Å². The molecule has 16 heavy (non-hydrogen) atoms. The second kappa shape index (κ2) is 4.30. The fourth-order valence-corrected chi connectivity index (χ4v) is 1.65. The van der Waals surface area contributed by atoms with E-state index in [4.69, 9.17) is 0 Å². The molecule has 1 fully saturated rings. The van der Waals surface area contributed by atoms with Gasteiger partial charge in [0.2, 0.25) is 11.8 Å². The number of aromatic nitrogens is 1. The normalized spacial score (nSPS) is 15.7. The Morgan fingerprint density at radius 1 is 1.31 bits per heavy atom. The van der Waals surface area contributed by atoms with Gasteiger partial charge in [0.05, 0.1) is 5.69 Å². The molecule has 2 rings (SSSR count). The van der Waals surface area contributed by atoms with E-state index in [0.29, 0.717) is 12.8 Å². The molecule has 0 unspecified atom stereocenters. The number of likely N-dealkylation sites (tertiary alicyclic amines) is 1. The highest BCUT2D eigenvalue weighted by Crippen LogP contribution is 2.11. The Kier molecular flexibility index (Phi) is 2.85. The number of aromatic amines is 1. The summed E-state index contributed by atoms with van der Waals surface area (Å²) in [4.78, 5) is 27.0. The number of nitrogens with one attached hydrogen (secondary N) is 2. The van der Waals surface area contributed by atoms with Crippen LogP contribution < -0.4 is 10.3 Å². The summed E-state index contributed by atoms with van der Waals surface area (Å²) in [5.74, 6) is 0.586. The summed E-state index contributed by atoms with van der Waals surface area (Å²) < 4.78 is 0. The summed E-state index contributed by atoms with van der Waals surface area (Å²) in [7, 11) is 0. The van der Waals surface area contributed by atoms with Gasteiger partial charge in [-0.1, -0.05) is 6.07 Å². The van der Waals surface area contributed by atoms with Gasteiger partial charge in [-0.3, -0.25) is 14.9 Å². The standard InChI is InChI=1S/C11H13N3O2/c1-8-3-2-4-9(13-8)12-7-14-10(15)5-6-11(14)16/h2-4H,5-7H2,1H3,(H,12,13)/p+1. The van der Waals surface area contributed by atoms with Gasteiger partial charge in [-0.15, -0.1) is 0 Å². The summed E-state index contributed by atoms with van der Waals surface area (Å²) in [6.45, 7) is 2.18. The number of hydrogen-bond donors (Lipinski definition) is 1. The topological polar surface area (TPSA) is 63.6 Å². The van der Waals surface area contributed by atoms with Crippen LogP contribution >= 0.6 is 0 Å². The van der Waals surface area contributed by atoms with E-state index in [-0.39, 0.29) is 18.5 Å². The minimum Gasteiger partial charge on any atom is -0.274 e. The number of imide groups is 1. The monoisotopic (exact) mass is 220 g/mol. The lowest BCUT2D eigenvalue weighted by Gasteiger charge is -2.10. The molecule has 5 heteroatoms. The molecule has 2 heterocycles. The Morgan fingerprint density at radius 2 is 2.00 bits per heavy atom. The van der Waals surface area contributed by atoms with Gasteiger partial charge in [-0.05, 0) is 13.0 Å². The lowest BCUT2D eigenvalue weighted by molar-refractivity contribution is -0.371. The number of amides is 2. The number of anilines is 1. The molecule has 0 radical (unpaired) electrons. The van der Waals surface area contributed by atoms with E-state index in [2.05, 4.69) is 10.3 Å². The molecule has 2 amide bonds. The summed E-state index contributed by atoms with van der Waals surface area (Å²) in [5.41, 5.74) is 1.02. The molecule has 1 aromatic heterocycles. The maximum atomic E-state index is 11.3. The molecule has 0 atom stereocenters. The third-order valence-corrected chi connectivity index (χ3v) is 2.52. The van der Waals surface area contributed by atoms with Crippen molar-refractivity contribution >= 4 is 17.6 Å². The molecule has 0 bridgehead atoms. The molecule has 1 aromatic rings. The van der Waals surface area contributed by atoms with Gasteiger partial charge in [0.15, 0.2) is 6.67 Å². The lowest BCUT2D eigenvalue weighted by Crippen LogP contribution is -2.35. The Balaban J connectivity index is 1.97. The molecule has 0 aromatic carbocycles. The zero-order chi connectivity index (χ0) is 11.5. The second-order valence-electron chi connectivity index (χ2n) is 3.80. The second-order valence-corrected chi connectivity index (χ2v) is 3.80. The molecule has 2 N–H and O–H groups in total. The largest absolute Gasteiger partial charge is 0.274 e. The number of rotatable bonds is 3. The first-order chi connectivity index (χ1) is 7.66. The average molecular weight is 220 g/mol. The zero-order valence-electron chi connectivity index (χ0n) is 9.12. The number of aryl methyl sites for hydroxylation is 1. The Bertz CT molecular complexity index is 415. The van der Waals surface area contributed by atoms with E-state index in [9.17, 15) is 9.59 Å². The number of carbonyl (C=O) groups is 2. The number of carbonyl (C=O) groups excluding carboxylic acids is 2. The van der Waals surface area contributed by atoms with Crippen molar-refractivity contribution in [1.82, 2.24) is 4.90 Å². The van der Waals surface area contributed by atoms with Crippen LogP contribution in [0.3, 0.4) is 0 Å². The van der Waals surface area contributed by atoms with Crippen LogP contribution in [0.5, 0.6) is 0 Å². The van der Waals surface area contributed by atoms with Crippen molar-refractivity contribution in [2.24, 2.45) is 0 Å². The predicted molar refractivity (Wildman–Crippen MR) is 57.3 cm³/mol. The number of pyridine rings is 1. The molecule has 0 saturated carbocycles. The highest BCUT2D eigenvalue weighted by Gasteiger charge is 2.29. The molecule has 0 spiro atoms. The fourth-order valence-electron chi connectivity index (χ4n) is 1.65. The van der Waals surface area contributed by atoms with Crippen molar-refractivity contribution in [3.05, 3.63) is 23.9 Å². The van der Waals surface area contributed by atoms with Gasteiger partial charge >= 0.3 is 0 Å². The van der Waals surface area contributed by atoms with Crippen LogP contribution in [-0.4, -0.2) is 23.4 Å². The van der Waals surface area contributed by atoms with Crippen LogP contribution in [0.15, 0.2) is 18.2 Å². The molecule has 5 nitrogen and oxygen atoms in total. The fraction of sp³-hybridized carbons (Fsp3) is 0.364. The maximum absolute atomic E-state index is 11.3. The third-order valence-electron chi connectivity index (χ3n) is 2.52. The SMILES string of the molecule is Cc1cccc(NCN2C(=O)CCC2=O)[nH+]1. The molecule has 1 aliphatic rings. The van der Waals surface area contributed by atoms with Gasteiger partial charge < -0.3 is 0 Å². The van der Waals surface area contributed by atoms with Crippen molar-refractivity contribution in [2.75, 3.05) is 12.0 Å². The predicted octanol–water partition coefficient (Wildman–Crippen LogP) is 0.328. The van der Waals surface area contributed by atoms with E-state index in [0.717, 1.165) is 11.5 Å². The van der Waals surface area contributed by atoms with Gasteiger partial charge in [-0.2, -0.15) is 0 Å². The first-order valence-corrected chi connectivity index (χ1v) is 5.23. The summed E-state index contributed by atoms with van der Waals surface area (Å²) in [6.07, 6.45) is 0.663. The van der Waals surface area contributed by atoms with Gasteiger partial charge in [0, 0.05) is 18.9 Å². The first kappa shape index (κ1) is 10.6. The first-order valence-electron chi connectivity index (χ1n) is 5.23. The number of hydrogen-bond acceptors (Lipinski definition) is 3. The lowest BCUT2D eigenvalue weighted by atomic mass is 10.4. The van der Waals surface area contributed by atoms with E-state index in [1.165, 1.54) is 4.90 Å². The van der Waals surface area contributed by atoms with Crippen LogP contribution in [0.25, 0.3) is 0 Å². The zero-order valence-corrected chi connectivity index (χ0v) is 9.12. The minimum absolute atomic E-state index is 0.106. The van der Waals surface area contributed by atoms with Gasteiger partial charge in [-0.25, -0.2) is 9.88 Å². The van der Waals surface area contributed by atoms with Crippen molar-refractivity contribution in [3.63, 3.8) is 0 Å². The van der Waals surface area contributed by atoms with E-state index < -0.39 is 0 Å². The van der Waals surface area contributed by atoms with Crippen molar-refractivity contribution in [1.29, 1.82) is 0 Å². The van der Waals surface area contributed by atoms with E-state index in [1.807, 2.05) is 25.1 Å². The van der Waals surface area contributed by atoms with Crippen molar-refractivity contribution in [3.8, 4) is 0 Å². The molecular formula is C11H14N3O2+. The van der Waals surface area contributed by atoms with Crippen LogP contribution in [0.4, 0.5) is 5.82 Å². The summed E-state index contributed by atoms with van der Waals surface area (Å²) >= 11 is 0. The van der Waals surface area contributed by atoms with Crippen LogP contribution in [0, 0.1) is 6.92 Å². The number of nitrogens with zero attached hydrogens (tertiary/aromatic N) is 1. The summed E-state index contributed by atoms with van der Waals surface area (Å²) in [5, 5.41) is 3.02. The van der Waals surface area contributed by atoms with Crippen LogP contribution in [-0.2, 0) is 9.59 Å². The highest BCUT2D eigenvalue weighted by molar-refractivity contribution is 6.02. The van der Waals surface area contributed by atoms with Crippen LogP contribution in [0.2, 0.25) is 0 Å². The quantitative estimate of drug-likeness (QED) is 0.746. The third kappa shape index (κ3) is 2.18. The molecular weight excluding hydrogens is 206 g/mol. The van der Waals surface area contributed by atoms with Crippen molar-refractivity contribution < 1.29 is 14.6 Å². The Morgan fingerprint density at radius 3 is 2.62 bits per heavy atom. The Labute approximate surface area is 93.5 Å².